The van der Waals surface area contributed by atoms with Gasteiger partial charge in [0.1, 0.15) is 16.6 Å². The number of aliphatic hydroxyl groups is 2. The molecular formula is C35H34ClN5O3. The zero-order chi connectivity index (χ0) is 30.4. The zero-order valence-electron chi connectivity index (χ0n) is 24.7. The minimum atomic E-state index is -0.943. The van der Waals surface area contributed by atoms with Crippen molar-refractivity contribution in [1.29, 1.82) is 0 Å². The number of aliphatic hydroxyl groups excluding tert-OH is 2. The second kappa shape index (κ2) is 11.4. The summed E-state index contributed by atoms with van der Waals surface area (Å²) in [4.78, 5) is 16.8. The Balaban J connectivity index is 1.34. The monoisotopic (exact) mass is 607 g/mol. The van der Waals surface area contributed by atoms with Crippen molar-refractivity contribution in [3.05, 3.63) is 112 Å². The highest BCUT2D eigenvalue weighted by molar-refractivity contribution is 6.34. The lowest BCUT2D eigenvalue weighted by Crippen LogP contribution is -2.42. The van der Waals surface area contributed by atoms with Crippen LogP contribution in [-0.4, -0.2) is 49.3 Å². The van der Waals surface area contributed by atoms with Crippen LogP contribution in [-0.2, 0) is 18.7 Å². The maximum Gasteiger partial charge on any atom is 0.226 e. The van der Waals surface area contributed by atoms with Gasteiger partial charge in [-0.15, -0.1) is 0 Å². The molecule has 9 heteroatoms. The number of fused-ring (bicyclic) bond motifs is 2. The Morgan fingerprint density at radius 3 is 2.80 bits per heavy atom. The van der Waals surface area contributed by atoms with Gasteiger partial charge in [0.2, 0.25) is 5.89 Å². The van der Waals surface area contributed by atoms with Crippen molar-refractivity contribution < 1.29 is 14.6 Å². The number of oxazole rings is 1. The third kappa shape index (κ3) is 5.08. The highest BCUT2D eigenvalue weighted by atomic mass is 35.5. The molecule has 2 aliphatic rings. The van der Waals surface area contributed by atoms with Gasteiger partial charge < -0.3 is 19.9 Å². The van der Waals surface area contributed by atoms with Gasteiger partial charge in [-0.05, 0) is 71.5 Å². The van der Waals surface area contributed by atoms with E-state index >= 15 is 0 Å². The fraction of sp³-hybridized carbons (Fsp3) is 0.286. The van der Waals surface area contributed by atoms with Crippen molar-refractivity contribution in [1.82, 2.24) is 19.9 Å². The summed E-state index contributed by atoms with van der Waals surface area (Å²) >= 11 is 6.61. The first-order chi connectivity index (χ1) is 21.3. The number of pyridine rings is 2. The lowest BCUT2D eigenvalue weighted by atomic mass is 9.73. The molecule has 8 nitrogen and oxygen atoms in total. The Bertz CT molecular complexity index is 1930. The van der Waals surface area contributed by atoms with Gasteiger partial charge in [-0.3, -0.25) is 9.88 Å². The maximum atomic E-state index is 9.96. The van der Waals surface area contributed by atoms with E-state index in [4.69, 9.17) is 31.0 Å². The number of aryl methyl sites for hydroxylation is 1. The smallest absolute Gasteiger partial charge is 0.226 e. The summed E-state index contributed by atoms with van der Waals surface area (Å²) in [6, 6.07) is 16.0. The number of hydrogen-bond acceptors (Lipinski definition) is 8. The third-order valence-corrected chi connectivity index (χ3v) is 9.20. The summed E-state index contributed by atoms with van der Waals surface area (Å²) in [5.74, 6) is 0.906. The number of β-amino-alcohol motifs (C(OH)–C–C–N with tert-alkyl or cyclic N) is 1. The second-order valence-corrected chi connectivity index (χ2v) is 12.3. The molecule has 2 aromatic carbocycles. The molecule has 5 aromatic rings. The molecule has 2 unspecified atom stereocenters. The standard InChI is InChI=1S/C35H34ClN5O3/c1-21-6-3-4-7-27(21)28-8-5-11-35(22(28)2,34-39-30-16-23(20-42)15-29(36)32(30)44-34)40-33-31-25(9-12-37-33)14-24(17-38-31)18-41-13-10-26(43)19-41/h3-9,11-12,14-17,22,26,42-43H,10,13,18-20H2,1-2H3,(H,37,40)/t22?,26-,35?/m0/s1. The van der Waals surface area contributed by atoms with Gasteiger partial charge in [0.25, 0.3) is 0 Å². The molecule has 1 fully saturated rings. The van der Waals surface area contributed by atoms with Gasteiger partial charge >= 0.3 is 0 Å². The molecule has 3 aromatic heterocycles. The number of nitrogens with zero attached hydrogens (tertiary/aromatic N) is 4. The number of halogens is 1. The molecule has 1 saturated heterocycles. The van der Waals surface area contributed by atoms with E-state index in [0.717, 1.165) is 47.1 Å². The van der Waals surface area contributed by atoms with Gasteiger partial charge in [0.05, 0.1) is 17.7 Å². The van der Waals surface area contributed by atoms with Gasteiger partial charge in [0.15, 0.2) is 11.4 Å². The third-order valence-electron chi connectivity index (χ3n) is 8.92. The molecule has 0 spiro atoms. The van der Waals surface area contributed by atoms with Crippen molar-refractivity contribution in [2.75, 3.05) is 18.4 Å². The summed E-state index contributed by atoms with van der Waals surface area (Å²) in [5.41, 5.74) is 6.03. The van der Waals surface area contributed by atoms with Crippen LogP contribution in [0.5, 0.6) is 0 Å². The second-order valence-electron chi connectivity index (χ2n) is 11.9. The van der Waals surface area contributed by atoms with Crippen LogP contribution in [0.25, 0.3) is 27.6 Å². The molecule has 224 valence electrons. The van der Waals surface area contributed by atoms with Crippen LogP contribution in [0.4, 0.5) is 5.82 Å². The minimum absolute atomic E-state index is 0.143. The molecule has 0 amide bonds. The molecule has 0 bridgehead atoms. The fourth-order valence-corrected chi connectivity index (χ4v) is 6.80. The number of likely N-dealkylation sites (tertiary alicyclic amines) is 1. The summed E-state index contributed by atoms with van der Waals surface area (Å²) in [7, 11) is 0. The number of benzene rings is 2. The highest BCUT2D eigenvalue weighted by Crippen LogP contribution is 2.46. The Hall–Kier alpha value is -4.08. The topological polar surface area (TPSA) is 108 Å². The van der Waals surface area contributed by atoms with E-state index in [9.17, 15) is 10.2 Å². The van der Waals surface area contributed by atoms with Crippen molar-refractivity contribution in [2.45, 2.75) is 45.1 Å². The van der Waals surface area contributed by atoms with E-state index in [1.54, 1.807) is 18.3 Å². The van der Waals surface area contributed by atoms with Crippen LogP contribution in [0, 0.1) is 12.8 Å². The van der Waals surface area contributed by atoms with Gasteiger partial charge in [-0.25, -0.2) is 9.97 Å². The van der Waals surface area contributed by atoms with Crippen LogP contribution in [0.3, 0.4) is 0 Å². The van der Waals surface area contributed by atoms with Crippen LogP contribution in [0.2, 0.25) is 5.02 Å². The van der Waals surface area contributed by atoms with E-state index < -0.39 is 5.54 Å². The fourth-order valence-electron chi connectivity index (χ4n) is 6.53. The molecule has 3 N–H and O–H groups in total. The molecule has 0 radical (unpaired) electrons. The Kier molecular flexibility index (Phi) is 7.46. The molecule has 4 heterocycles. The average molecular weight is 608 g/mol. The summed E-state index contributed by atoms with van der Waals surface area (Å²) < 4.78 is 6.47. The zero-order valence-corrected chi connectivity index (χ0v) is 25.4. The lowest BCUT2D eigenvalue weighted by Gasteiger charge is -2.39. The van der Waals surface area contributed by atoms with Crippen molar-refractivity contribution in [3.63, 3.8) is 0 Å². The summed E-state index contributed by atoms with van der Waals surface area (Å²) in [5, 5.41) is 24.8. The van der Waals surface area contributed by atoms with Gasteiger partial charge in [0, 0.05) is 43.3 Å². The number of rotatable bonds is 7. The van der Waals surface area contributed by atoms with E-state index in [2.05, 4.69) is 60.5 Å². The largest absolute Gasteiger partial charge is 0.436 e. The molecule has 1 aliphatic carbocycles. The predicted octanol–water partition coefficient (Wildman–Crippen LogP) is 6.39. The lowest BCUT2D eigenvalue weighted by molar-refractivity contribution is 0.175. The highest BCUT2D eigenvalue weighted by Gasteiger charge is 2.45. The average Bonchev–Trinajstić information content (AvgIpc) is 3.65. The normalized spacial score (nSPS) is 22.2. The number of allylic oxidation sites excluding steroid dienone is 2. The van der Waals surface area contributed by atoms with Crippen LogP contribution in [0.1, 0.15) is 41.5 Å². The van der Waals surface area contributed by atoms with Crippen molar-refractivity contribution >= 4 is 45.0 Å². The first-order valence-corrected chi connectivity index (χ1v) is 15.3. The number of anilines is 1. The molecule has 1 aliphatic heterocycles. The van der Waals surface area contributed by atoms with E-state index in [1.165, 1.54) is 5.56 Å². The summed E-state index contributed by atoms with van der Waals surface area (Å²) in [6.07, 6.45) is 10.5. The van der Waals surface area contributed by atoms with E-state index in [-0.39, 0.29) is 18.6 Å². The summed E-state index contributed by atoms with van der Waals surface area (Å²) in [6.45, 7) is 6.41. The number of hydrogen-bond donors (Lipinski definition) is 3. The molecule has 3 atom stereocenters. The van der Waals surface area contributed by atoms with E-state index in [1.807, 2.05) is 24.4 Å². The van der Waals surface area contributed by atoms with Crippen LogP contribution >= 0.6 is 11.6 Å². The maximum absolute atomic E-state index is 9.96. The van der Waals surface area contributed by atoms with Gasteiger partial charge in [-0.1, -0.05) is 54.9 Å². The molecule has 44 heavy (non-hydrogen) atoms. The predicted molar refractivity (Wildman–Crippen MR) is 173 cm³/mol. The quantitative estimate of drug-likeness (QED) is 0.195. The Labute approximate surface area is 260 Å². The molecular weight excluding hydrogens is 574 g/mol. The first-order valence-electron chi connectivity index (χ1n) is 14.9. The first kappa shape index (κ1) is 28.7. The van der Waals surface area contributed by atoms with Gasteiger partial charge in [-0.2, -0.15) is 0 Å². The van der Waals surface area contributed by atoms with Crippen LogP contribution in [0.15, 0.2) is 83.6 Å². The van der Waals surface area contributed by atoms with E-state index in [0.29, 0.717) is 39.9 Å². The number of nitrogens with one attached hydrogen (secondary N) is 1. The Morgan fingerprint density at radius 1 is 1.14 bits per heavy atom. The Morgan fingerprint density at radius 2 is 2.00 bits per heavy atom. The van der Waals surface area contributed by atoms with Crippen molar-refractivity contribution in [2.24, 2.45) is 5.92 Å². The molecule has 0 saturated carbocycles. The molecule has 7 rings (SSSR count). The SMILES string of the molecule is Cc1ccccc1C1=CC=CC(Nc2nccc3cc(CN4CC[C@H](O)C4)cnc23)(c2nc3cc(CO)cc(Cl)c3o2)C1C. The number of aromatic nitrogens is 3. The minimum Gasteiger partial charge on any atom is -0.436 e. The van der Waals surface area contributed by atoms with Crippen molar-refractivity contribution in [3.8, 4) is 0 Å². The van der Waals surface area contributed by atoms with Crippen LogP contribution < -0.4 is 5.32 Å².